The lowest BCUT2D eigenvalue weighted by molar-refractivity contribution is -0.190. The zero-order chi connectivity index (χ0) is 34.9. The summed E-state index contributed by atoms with van der Waals surface area (Å²) >= 11 is 0. The highest BCUT2D eigenvalue weighted by molar-refractivity contribution is 5.85. The number of nitrogens with zero attached hydrogens (tertiary/aromatic N) is 7. The average Bonchev–Trinajstić information content (AvgIpc) is 3.82. The molecule has 0 bridgehead atoms. The van der Waals surface area contributed by atoms with E-state index in [1.165, 1.54) is 6.33 Å². The minimum atomic E-state index is -5.11. The van der Waals surface area contributed by atoms with E-state index in [9.17, 15) is 28.2 Å². The molecule has 4 aromatic rings. The number of likely N-dealkylation sites (N-methyl/N-ethyl adjacent to an activating group) is 1. The van der Waals surface area contributed by atoms with Crippen LogP contribution in [-0.2, 0) is 4.79 Å². The van der Waals surface area contributed by atoms with Gasteiger partial charge >= 0.3 is 12.1 Å². The van der Waals surface area contributed by atoms with E-state index in [2.05, 4.69) is 44.4 Å². The number of benzene rings is 2. The van der Waals surface area contributed by atoms with Gasteiger partial charge in [-0.2, -0.15) is 23.1 Å². The van der Waals surface area contributed by atoms with E-state index in [4.69, 9.17) is 9.97 Å². The van der Waals surface area contributed by atoms with Crippen LogP contribution < -0.4 is 10.2 Å². The van der Waals surface area contributed by atoms with Crippen molar-refractivity contribution in [1.29, 1.82) is 0 Å². The number of imidazole rings is 1. The van der Waals surface area contributed by atoms with Crippen molar-refractivity contribution in [2.45, 2.75) is 68.6 Å². The molecular formula is C35H43F3N8O3. The lowest BCUT2D eigenvalue weighted by Gasteiger charge is -2.31. The van der Waals surface area contributed by atoms with Crippen LogP contribution in [0.5, 0.6) is 0 Å². The van der Waals surface area contributed by atoms with Gasteiger partial charge in [-0.05, 0) is 44.5 Å². The summed E-state index contributed by atoms with van der Waals surface area (Å²) in [6, 6.07) is 18.4. The molecule has 14 heteroatoms. The Hall–Kier alpha value is -4.27. The van der Waals surface area contributed by atoms with E-state index in [0.29, 0.717) is 47.0 Å². The van der Waals surface area contributed by atoms with E-state index in [0.717, 1.165) is 24.1 Å². The molecule has 11 nitrogen and oxygen atoms in total. The normalized spacial score (nSPS) is 22.8. The highest BCUT2D eigenvalue weighted by atomic mass is 19.4. The van der Waals surface area contributed by atoms with Crippen LogP contribution in [0.2, 0.25) is 0 Å². The van der Waals surface area contributed by atoms with Crippen molar-refractivity contribution in [3.05, 3.63) is 78.1 Å². The topological polar surface area (TPSA) is 123 Å². The number of anilines is 2. The zero-order valence-electron chi connectivity index (χ0n) is 27.8. The predicted molar refractivity (Wildman–Crippen MR) is 180 cm³/mol. The van der Waals surface area contributed by atoms with Gasteiger partial charge in [0.1, 0.15) is 12.2 Å². The number of aliphatic hydroxyl groups is 2. The lowest BCUT2D eigenvalue weighted by Crippen LogP contribution is -2.51. The first-order valence-electron chi connectivity index (χ1n) is 16.7. The van der Waals surface area contributed by atoms with E-state index in [1.54, 1.807) is 11.5 Å². The van der Waals surface area contributed by atoms with Crippen LogP contribution in [-0.4, -0.2) is 116 Å². The third kappa shape index (κ3) is 7.08. The molecule has 1 aliphatic heterocycles. The molecule has 1 amide bonds. The van der Waals surface area contributed by atoms with Crippen LogP contribution in [0.3, 0.4) is 0 Å². The number of halogens is 3. The fourth-order valence-corrected chi connectivity index (χ4v) is 7.15. The second-order valence-corrected chi connectivity index (χ2v) is 13.2. The molecule has 262 valence electrons. The van der Waals surface area contributed by atoms with Gasteiger partial charge in [0, 0.05) is 38.1 Å². The maximum atomic E-state index is 13.6. The molecule has 0 spiro atoms. The molecule has 2 aromatic carbocycles. The van der Waals surface area contributed by atoms with Gasteiger partial charge in [0.2, 0.25) is 5.95 Å². The molecule has 2 aliphatic rings. The van der Waals surface area contributed by atoms with Crippen LogP contribution in [0.4, 0.5) is 24.9 Å². The molecule has 1 saturated carbocycles. The minimum Gasteiger partial charge on any atom is -0.388 e. The Morgan fingerprint density at radius 3 is 2.24 bits per heavy atom. The average molecular weight is 681 g/mol. The largest absolute Gasteiger partial charge is 0.471 e. The molecule has 0 radical (unpaired) electrons. The summed E-state index contributed by atoms with van der Waals surface area (Å²) in [5.74, 6) is -1.12. The Labute approximate surface area is 283 Å². The molecule has 5 atom stereocenters. The first kappa shape index (κ1) is 34.6. The summed E-state index contributed by atoms with van der Waals surface area (Å²) in [7, 11) is 4.06. The first-order valence-corrected chi connectivity index (χ1v) is 16.7. The Morgan fingerprint density at radius 2 is 1.67 bits per heavy atom. The predicted octanol–water partition coefficient (Wildman–Crippen LogP) is 4.05. The van der Waals surface area contributed by atoms with Gasteiger partial charge in [0.25, 0.3) is 0 Å². The molecule has 1 saturated heterocycles. The molecule has 0 unspecified atom stereocenters. The highest BCUT2D eigenvalue weighted by Gasteiger charge is 2.51. The van der Waals surface area contributed by atoms with Gasteiger partial charge in [-0.15, -0.1) is 0 Å². The summed E-state index contributed by atoms with van der Waals surface area (Å²) in [4.78, 5) is 31.8. The van der Waals surface area contributed by atoms with Crippen LogP contribution >= 0.6 is 0 Å². The van der Waals surface area contributed by atoms with Crippen molar-refractivity contribution in [2.75, 3.05) is 50.5 Å². The number of hydrogen-bond donors (Lipinski definition) is 3. The van der Waals surface area contributed by atoms with Crippen molar-refractivity contribution in [3.63, 3.8) is 0 Å². The summed E-state index contributed by atoms with van der Waals surface area (Å²) in [6.45, 7) is 3.33. The van der Waals surface area contributed by atoms with Crippen LogP contribution in [0, 0.1) is 0 Å². The Morgan fingerprint density at radius 1 is 1.02 bits per heavy atom. The number of aromatic nitrogens is 4. The fraction of sp³-hybridized carbons (Fsp3) is 0.486. The molecule has 1 aliphatic carbocycles. The fourth-order valence-electron chi connectivity index (χ4n) is 7.15. The smallest absolute Gasteiger partial charge is 0.388 e. The van der Waals surface area contributed by atoms with Gasteiger partial charge in [-0.3, -0.25) is 4.79 Å². The minimum absolute atomic E-state index is 0.0221. The number of alkyl halides is 3. The standard InChI is InChI=1S/C35H43F3N8O3/c1-4-16-45(33(49)35(36,37)38)26-18-27(30(48)29(26)47)46-21-40-28-31(41-34(42-32(28)46)44-17-15-24(20-44)43(2)3)39-19-25(22-11-7-5-8-12-22)23-13-9-6-10-14-23/h5-14,21,24-27,29-30,47-48H,4,15-20H2,1-3H3,(H,39,41,42)/t24-,26+,27-,29-,30+/m1/s1. The van der Waals surface area contributed by atoms with Crippen LogP contribution in [0.25, 0.3) is 11.2 Å². The van der Waals surface area contributed by atoms with Gasteiger partial charge in [-0.1, -0.05) is 67.6 Å². The highest BCUT2D eigenvalue weighted by Crippen LogP contribution is 2.38. The zero-order valence-corrected chi connectivity index (χ0v) is 27.8. The Bertz CT molecular complexity index is 1680. The maximum Gasteiger partial charge on any atom is 0.471 e. The van der Waals surface area contributed by atoms with Crippen molar-refractivity contribution >= 4 is 28.8 Å². The van der Waals surface area contributed by atoms with Crippen molar-refractivity contribution in [1.82, 2.24) is 29.3 Å². The summed E-state index contributed by atoms with van der Waals surface area (Å²) in [5.41, 5.74) is 3.03. The Kier molecular flexibility index (Phi) is 10.1. The summed E-state index contributed by atoms with van der Waals surface area (Å²) in [5, 5.41) is 25.8. The molecule has 49 heavy (non-hydrogen) atoms. The van der Waals surface area contributed by atoms with Crippen LogP contribution in [0.1, 0.15) is 49.3 Å². The quantitative estimate of drug-likeness (QED) is 0.216. The monoisotopic (exact) mass is 680 g/mol. The number of amides is 1. The van der Waals surface area contributed by atoms with Crippen LogP contribution in [0.15, 0.2) is 67.0 Å². The third-order valence-electron chi connectivity index (χ3n) is 9.81. The number of carbonyl (C=O) groups is 1. The second-order valence-electron chi connectivity index (χ2n) is 13.2. The number of nitrogens with one attached hydrogen (secondary N) is 1. The van der Waals surface area contributed by atoms with E-state index < -0.39 is 36.4 Å². The third-order valence-corrected chi connectivity index (χ3v) is 9.81. The van der Waals surface area contributed by atoms with Crippen molar-refractivity contribution in [3.8, 4) is 0 Å². The number of carbonyl (C=O) groups excluding carboxylic acids is 1. The van der Waals surface area contributed by atoms with E-state index >= 15 is 0 Å². The lowest BCUT2D eigenvalue weighted by atomic mass is 9.91. The summed E-state index contributed by atoms with van der Waals surface area (Å²) < 4.78 is 42.3. The molecule has 3 heterocycles. The van der Waals surface area contributed by atoms with Crippen molar-refractivity contribution in [2.24, 2.45) is 0 Å². The first-order chi connectivity index (χ1) is 23.5. The van der Waals surface area contributed by atoms with E-state index in [1.807, 2.05) is 50.5 Å². The van der Waals surface area contributed by atoms with Gasteiger partial charge < -0.3 is 34.8 Å². The molecular weight excluding hydrogens is 637 g/mol. The molecule has 6 rings (SSSR count). The van der Waals surface area contributed by atoms with Crippen molar-refractivity contribution < 1.29 is 28.2 Å². The van der Waals surface area contributed by atoms with Gasteiger partial charge in [0.15, 0.2) is 17.0 Å². The second kappa shape index (κ2) is 14.3. The number of fused-ring (bicyclic) bond motifs is 1. The molecule has 3 N–H and O–H groups in total. The molecule has 2 aromatic heterocycles. The number of rotatable bonds is 11. The Balaban J connectivity index is 1.37. The van der Waals surface area contributed by atoms with Gasteiger partial charge in [0.05, 0.1) is 18.4 Å². The summed E-state index contributed by atoms with van der Waals surface area (Å²) in [6.07, 6.45) is -5.66. The molecule has 2 fully saturated rings. The van der Waals surface area contributed by atoms with E-state index in [-0.39, 0.29) is 25.3 Å². The number of aliphatic hydroxyl groups excluding tert-OH is 2. The SMILES string of the molecule is CCCN(C(=O)C(F)(F)F)[C@H]1C[C@@H](n2cnc3c(NCC(c4ccccc4)c4ccccc4)nc(N4CC[C@@H](N(C)C)C4)nc32)[C@H](O)[C@@H]1O. The maximum absolute atomic E-state index is 13.6. The van der Waals surface area contributed by atoms with Gasteiger partial charge in [-0.25, -0.2) is 4.98 Å². The number of hydrogen-bond acceptors (Lipinski definition) is 9.